The zero-order valence-electron chi connectivity index (χ0n) is 12.3. The van der Waals surface area contributed by atoms with E-state index in [9.17, 15) is 10.4 Å². The van der Waals surface area contributed by atoms with Crippen molar-refractivity contribution in [3.8, 4) is 23.2 Å². The monoisotopic (exact) mass is 329 g/mol. The predicted octanol–water partition coefficient (Wildman–Crippen LogP) is 2.55. The summed E-state index contributed by atoms with van der Waals surface area (Å²) in [5.41, 5.74) is 13.2. The molecule has 1 saturated carbocycles. The molecule has 118 valence electrons. The summed E-state index contributed by atoms with van der Waals surface area (Å²) in [6.45, 7) is 0. The van der Waals surface area contributed by atoms with E-state index in [0.29, 0.717) is 16.3 Å². The first-order chi connectivity index (χ1) is 11.0. The maximum Gasteiger partial charge on any atom is 0.165 e. The van der Waals surface area contributed by atoms with Crippen molar-refractivity contribution in [3.05, 3.63) is 34.5 Å². The normalized spacial score (nSPS) is 20.4. The van der Waals surface area contributed by atoms with Crippen LogP contribution in [0.5, 0.6) is 5.75 Å². The van der Waals surface area contributed by atoms with Crippen molar-refractivity contribution in [2.45, 2.75) is 31.2 Å². The molecule has 1 aromatic carbocycles. The Morgan fingerprint density at radius 3 is 2.74 bits per heavy atom. The summed E-state index contributed by atoms with van der Waals surface area (Å²) in [4.78, 5) is 8.67. The fraction of sp³-hybridized carbons (Fsp3) is 0.312. The molecule has 6 nitrogen and oxygen atoms in total. The first-order valence-electron chi connectivity index (χ1n) is 7.31. The van der Waals surface area contributed by atoms with E-state index in [1.165, 1.54) is 6.07 Å². The van der Waals surface area contributed by atoms with Crippen molar-refractivity contribution in [2.24, 2.45) is 5.73 Å². The zero-order valence-corrected chi connectivity index (χ0v) is 13.1. The maximum atomic E-state index is 10.0. The average Bonchev–Trinajstić information content (AvgIpc) is 2.95. The zero-order chi connectivity index (χ0) is 16.6. The highest BCUT2D eigenvalue weighted by atomic mass is 35.5. The van der Waals surface area contributed by atoms with E-state index in [1.54, 1.807) is 12.1 Å². The highest BCUT2D eigenvalue weighted by molar-refractivity contribution is 6.30. The van der Waals surface area contributed by atoms with E-state index in [0.717, 1.165) is 19.3 Å². The second kappa shape index (κ2) is 6.03. The van der Waals surface area contributed by atoms with Gasteiger partial charge in [-0.25, -0.2) is 9.97 Å². The molecule has 0 amide bonds. The van der Waals surface area contributed by atoms with Crippen LogP contribution in [-0.2, 0) is 0 Å². The number of aromatic hydroxyl groups is 1. The third-order valence-corrected chi connectivity index (χ3v) is 4.37. The lowest BCUT2D eigenvalue weighted by atomic mass is 9.98. The molecule has 7 heteroatoms. The van der Waals surface area contributed by atoms with Crippen LogP contribution in [0.3, 0.4) is 0 Å². The van der Waals surface area contributed by atoms with Gasteiger partial charge in [-0.2, -0.15) is 5.26 Å². The van der Waals surface area contributed by atoms with Gasteiger partial charge in [0.15, 0.2) is 5.82 Å². The molecule has 0 spiro atoms. The highest BCUT2D eigenvalue weighted by Gasteiger charge is 2.28. The molecule has 1 aliphatic rings. The van der Waals surface area contributed by atoms with Gasteiger partial charge in [0.1, 0.15) is 23.2 Å². The number of hydrogen-bond acceptors (Lipinski definition) is 6. The van der Waals surface area contributed by atoms with Gasteiger partial charge < -0.3 is 16.6 Å². The number of benzene rings is 1. The Morgan fingerprint density at radius 1 is 1.30 bits per heavy atom. The Morgan fingerprint density at radius 2 is 2.09 bits per heavy atom. The van der Waals surface area contributed by atoms with Crippen LogP contribution in [0.15, 0.2) is 18.2 Å². The Labute approximate surface area is 138 Å². The van der Waals surface area contributed by atoms with Crippen molar-refractivity contribution in [2.75, 3.05) is 5.73 Å². The SMILES string of the molecule is N#Cc1c(N)nc(-c2cc(Cl)ccc2O)nc1C1CCC(N)C1. The molecule has 23 heavy (non-hydrogen) atoms. The molecule has 1 aliphatic carbocycles. The minimum Gasteiger partial charge on any atom is -0.507 e. The van der Waals surface area contributed by atoms with Crippen LogP contribution in [-0.4, -0.2) is 21.1 Å². The number of phenols is 1. The maximum absolute atomic E-state index is 10.0. The van der Waals surface area contributed by atoms with Gasteiger partial charge in [-0.1, -0.05) is 11.6 Å². The lowest BCUT2D eigenvalue weighted by Gasteiger charge is -2.14. The minimum atomic E-state index is 0.00702. The Balaban J connectivity index is 2.15. The second-order valence-electron chi connectivity index (χ2n) is 5.74. The molecule has 5 N–H and O–H groups in total. The van der Waals surface area contributed by atoms with Gasteiger partial charge in [0.2, 0.25) is 0 Å². The van der Waals surface area contributed by atoms with Crippen molar-refractivity contribution < 1.29 is 5.11 Å². The summed E-state index contributed by atoms with van der Waals surface area (Å²) in [5, 5.41) is 19.9. The lowest BCUT2D eigenvalue weighted by Crippen LogP contribution is -2.15. The standard InChI is InChI=1S/C16H16ClN5O/c17-9-2-4-13(23)11(6-9)16-21-14(8-1-3-10(19)5-8)12(7-18)15(20)22-16/h2,4,6,8,10,23H,1,3,5,19H2,(H2,20,21,22). The van der Waals surface area contributed by atoms with Crippen molar-refractivity contribution in [1.82, 2.24) is 9.97 Å². The topological polar surface area (TPSA) is 122 Å². The number of hydrogen-bond donors (Lipinski definition) is 3. The van der Waals surface area contributed by atoms with E-state index >= 15 is 0 Å². The van der Waals surface area contributed by atoms with Crippen LogP contribution in [0.1, 0.15) is 36.4 Å². The lowest BCUT2D eigenvalue weighted by molar-refractivity contribution is 0.477. The van der Waals surface area contributed by atoms with Crippen LogP contribution in [0.4, 0.5) is 5.82 Å². The number of halogens is 1. The van der Waals surface area contributed by atoms with Crippen LogP contribution >= 0.6 is 11.6 Å². The molecular formula is C16H16ClN5O. The number of nitrogens with two attached hydrogens (primary N) is 2. The van der Waals surface area contributed by atoms with Crippen LogP contribution in [0.25, 0.3) is 11.4 Å². The molecule has 2 atom stereocenters. The van der Waals surface area contributed by atoms with Crippen LogP contribution in [0, 0.1) is 11.3 Å². The average molecular weight is 330 g/mol. The van der Waals surface area contributed by atoms with Crippen molar-refractivity contribution >= 4 is 17.4 Å². The van der Waals surface area contributed by atoms with E-state index in [4.69, 9.17) is 23.1 Å². The van der Waals surface area contributed by atoms with Crippen molar-refractivity contribution in [3.63, 3.8) is 0 Å². The van der Waals surface area contributed by atoms with E-state index in [2.05, 4.69) is 16.0 Å². The summed E-state index contributed by atoms with van der Waals surface area (Å²) < 4.78 is 0. The van der Waals surface area contributed by atoms with Crippen LogP contribution in [0.2, 0.25) is 5.02 Å². The quantitative estimate of drug-likeness (QED) is 0.778. The third-order valence-electron chi connectivity index (χ3n) is 4.14. The number of nitrogen functional groups attached to an aromatic ring is 1. The summed E-state index contributed by atoms with van der Waals surface area (Å²) in [6.07, 6.45) is 2.50. The smallest absolute Gasteiger partial charge is 0.165 e. The van der Waals surface area contributed by atoms with Gasteiger partial charge in [-0.3, -0.25) is 0 Å². The van der Waals surface area contributed by atoms with E-state index in [1.807, 2.05) is 0 Å². The highest BCUT2D eigenvalue weighted by Crippen LogP contribution is 2.37. The van der Waals surface area contributed by atoms with Gasteiger partial charge in [-0.05, 0) is 37.5 Å². The number of anilines is 1. The molecule has 3 rings (SSSR count). The number of aromatic nitrogens is 2. The largest absolute Gasteiger partial charge is 0.507 e. The van der Waals surface area contributed by atoms with Gasteiger partial charge in [0, 0.05) is 17.0 Å². The first-order valence-corrected chi connectivity index (χ1v) is 7.69. The van der Waals surface area contributed by atoms with Gasteiger partial charge in [-0.15, -0.1) is 0 Å². The number of nitriles is 1. The summed E-state index contributed by atoms with van der Waals surface area (Å²) in [7, 11) is 0. The number of rotatable bonds is 2. The molecule has 1 aromatic heterocycles. The van der Waals surface area contributed by atoms with Crippen molar-refractivity contribution in [1.29, 1.82) is 5.26 Å². The summed E-state index contributed by atoms with van der Waals surface area (Å²) in [6, 6.07) is 6.80. The van der Waals surface area contributed by atoms with Gasteiger partial charge >= 0.3 is 0 Å². The Bertz CT molecular complexity index is 802. The predicted molar refractivity (Wildman–Crippen MR) is 87.8 cm³/mol. The van der Waals surface area contributed by atoms with Crippen LogP contribution < -0.4 is 11.5 Å². The van der Waals surface area contributed by atoms with E-state index in [-0.39, 0.29) is 34.9 Å². The fourth-order valence-electron chi connectivity index (χ4n) is 2.98. The van der Waals surface area contributed by atoms with Gasteiger partial charge in [0.25, 0.3) is 0 Å². The molecule has 0 aliphatic heterocycles. The first kappa shape index (κ1) is 15.5. The summed E-state index contributed by atoms with van der Waals surface area (Å²) in [5.74, 6) is 0.446. The van der Waals surface area contributed by atoms with E-state index < -0.39 is 0 Å². The number of phenolic OH excluding ortho intramolecular Hbond substituents is 1. The molecule has 0 radical (unpaired) electrons. The molecule has 0 saturated heterocycles. The molecule has 2 aromatic rings. The Kier molecular flexibility index (Phi) is 4.07. The molecule has 0 bridgehead atoms. The molecule has 1 fully saturated rings. The van der Waals surface area contributed by atoms with Gasteiger partial charge in [0.05, 0.1) is 11.3 Å². The minimum absolute atomic E-state index is 0.00702. The fourth-order valence-corrected chi connectivity index (χ4v) is 3.15. The molecule has 1 heterocycles. The third kappa shape index (κ3) is 2.93. The Hall–Kier alpha value is -2.36. The summed E-state index contributed by atoms with van der Waals surface area (Å²) >= 11 is 5.98. The second-order valence-corrected chi connectivity index (χ2v) is 6.17. The number of nitrogens with zero attached hydrogens (tertiary/aromatic N) is 3. The molecular weight excluding hydrogens is 314 g/mol. The molecule has 2 unspecified atom stereocenters.